The van der Waals surface area contributed by atoms with Crippen LogP contribution in [0, 0.1) is 11.8 Å². The van der Waals surface area contributed by atoms with E-state index in [1.165, 1.54) is 0 Å². The highest BCUT2D eigenvalue weighted by molar-refractivity contribution is 5.97. The van der Waals surface area contributed by atoms with E-state index in [2.05, 4.69) is 45.3 Å². The predicted molar refractivity (Wildman–Crippen MR) is 119 cm³/mol. The molecule has 2 N–H and O–H groups in total. The van der Waals surface area contributed by atoms with E-state index >= 15 is 0 Å². The van der Waals surface area contributed by atoms with Crippen LogP contribution in [-0.2, 0) is 14.4 Å². The number of hydrogen-bond donors (Lipinski definition) is 2. The van der Waals surface area contributed by atoms with Crippen LogP contribution in [0.2, 0.25) is 0 Å². The van der Waals surface area contributed by atoms with Gasteiger partial charge in [-0.3, -0.25) is 19.3 Å². The summed E-state index contributed by atoms with van der Waals surface area (Å²) in [5.41, 5.74) is 1.55. The third kappa shape index (κ3) is 6.97. The molecule has 30 heavy (non-hydrogen) atoms. The molecule has 2 rings (SSSR count). The lowest BCUT2D eigenvalue weighted by atomic mass is 9.99. The zero-order valence-electron chi connectivity index (χ0n) is 19.3. The molecule has 2 aliphatic rings. The number of ketones is 2. The van der Waals surface area contributed by atoms with Crippen LogP contribution in [0.5, 0.6) is 0 Å². The lowest BCUT2D eigenvalue weighted by Gasteiger charge is -2.34. The van der Waals surface area contributed by atoms with Gasteiger partial charge in [-0.25, -0.2) is 0 Å². The summed E-state index contributed by atoms with van der Waals surface area (Å²) in [5.74, 6) is 0.632. The van der Waals surface area contributed by atoms with Gasteiger partial charge in [0.25, 0.3) is 0 Å². The van der Waals surface area contributed by atoms with Gasteiger partial charge in [-0.1, -0.05) is 34.1 Å². The molecule has 0 fully saturated rings. The Balaban J connectivity index is 2.12. The third-order valence-corrected chi connectivity index (χ3v) is 5.83. The first kappa shape index (κ1) is 24.1. The Hall–Kier alpha value is -2.15. The number of carbonyl (C=O) groups is 3. The maximum atomic E-state index is 13.4. The molecule has 168 valence electrons. The fourth-order valence-electron chi connectivity index (χ4n) is 3.89. The van der Waals surface area contributed by atoms with Gasteiger partial charge in [0.05, 0.1) is 19.6 Å². The number of amides is 1. The van der Waals surface area contributed by atoms with Gasteiger partial charge in [-0.05, 0) is 32.2 Å². The number of nitrogens with one attached hydrogen (secondary N) is 2. The number of nitrogens with zero attached hydrogens (tertiary/aromatic N) is 2. The Labute approximate surface area is 180 Å². The van der Waals surface area contributed by atoms with Crippen LogP contribution in [0.1, 0.15) is 47.5 Å². The number of rotatable bonds is 9. The third-order valence-electron chi connectivity index (χ3n) is 5.83. The van der Waals surface area contributed by atoms with Gasteiger partial charge >= 0.3 is 0 Å². The van der Waals surface area contributed by atoms with Crippen molar-refractivity contribution in [1.29, 1.82) is 0 Å². The van der Waals surface area contributed by atoms with E-state index in [0.717, 1.165) is 17.8 Å². The van der Waals surface area contributed by atoms with Gasteiger partial charge in [-0.2, -0.15) is 0 Å². The van der Waals surface area contributed by atoms with Crippen LogP contribution < -0.4 is 10.6 Å². The molecule has 0 aromatic rings. The van der Waals surface area contributed by atoms with Crippen molar-refractivity contribution in [2.45, 2.75) is 59.5 Å². The van der Waals surface area contributed by atoms with E-state index < -0.39 is 6.04 Å². The van der Waals surface area contributed by atoms with Crippen molar-refractivity contribution >= 4 is 17.5 Å². The zero-order valence-corrected chi connectivity index (χ0v) is 19.3. The van der Waals surface area contributed by atoms with Crippen LogP contribution >= 0.6 is 0 Å². The fourth-order valence-corrected chi connectivity index (χ4v) is 3.89. The molecule has 0 radical (unpaired) electrons. The molecular formula is C23H38N4O3. The topological polar surface area (TPSA) is 81.8 Å². The zero-order chi connectivity index (χ0) is 22.4. The van der Waals surface area contributed by atoms with Crippen molar-refractivity contribution in [3.8, 4) is 0 Å². The first-order valence-electron chi connectivity index (χ1n) is 11.1. The standard InChI is InChI=1S/C23H38N4O3/c1-7-16(4)17(5)24-19-10-21(29)14-27(12-19)23(30)22(8-15(2)3)25-18-9-20(28)13-26(6)11-18/h9-10,15-17,22,24-25H,7-8,11-14H2,1-6H3. The molecule has 0 aromatic heterocycles. The average molecular weight is 419 g/mol. The van der Waals surface area contributed by atoms with Crippen LogP contribution in [0.4, 0.5) is 0 Å². The summed E-state index contributed by atoms with van der Waals surface area (Å²) in [7, 11) is 1.89. The minimum Gasteiger partial charge on any atom is -0.384 e. The summed E-state index contributed by atoms with van der Waals surface area (Å²) in [5, 5.41) is 6.72. The minimum absolute atomic E-state index is 0.0311. The maximum Gasteiger partial charge on any atom is 0.245 e. The van der Waals surface area contributed by atoms with E-state index in [1.807, 2.05) is 11.9 Å². The van der Waals surface area contributed by atoms with Gasteiger partial charge in [0, 0.05) is 36.1 Å². The maximum absolute atomic E-state index is 13.4. The first-order chi connectivity index (χ1) is 14.1. The van der Waals surface area contributed by atoms with Gasteiger partial charge in [0.2, 0.25) is 5.91 Å². The average Bonchev–Trinajstić information content (AvgIpc) is 2.64. The SMILES string of the molecule is CCC(C)C(C)NC1=CC(=O)CN(C(=O)C(CC(C)C)NC2=CC(=O)CN(C)C2)C1. The summed E-state index contributed by atoms with van der Waals surface area (Å²) in [6, 6.07) is -0.239. The molecule has 0 saturated heterocycles. The molecule has 0 bridgehead atoms. The fraction of sp³-hybridized carbons (Fsp3) is 0.696. The molecule has 7 nitrogen and oxygen atoms in total. The molecule has 2 aliphatic heterocycles. The van der Waals surface area contributed by atoms with Gasteiger partial charge < -0.3 is 15.5 Å². The quantitative estimate of drug-likeness (QED) is 0.593. The highest BCUT2D eigenvalue weighted by Gasteiger charge is 2.31. The molecule has 2 heterocycles. The van der Waals surface area contributed by atoms with E-state index in [0.29, 0.717) is 37.9 Å². The minimum atomic E-state index is -0.463. The van der Waals surface area contributed by atoms with E-state index in [4.69, 9.17) is 0 Å². The summed E-state index contributed by atoms with van der Waals surface area (Å²) in [6.45, 7) is 12.0. The molecule has 3 unspecified atom stereocenters. The molecule has 7 heteroatoms. The Morgan fingerprint density at radius 2 is 1.57 bits per heavy atom. The van der Waals surface area contributed by atoms with Crippen LogP contribution in [0.15, 0.2) is 23.5 Å². The molecule has 0 aliphatic carbocycles. The predicted octanol–water partition coefficient (Wildman–Crippen LogP) is 1.71. The highest BCUT2D eigenvalue weighted by Crippen LogP contribution is 2.16. The van der Waals surface area contributed by atoms with Crippen LogP contribution in [-0.4, -0.2) is 72.6 Å². The van der Waals surface area contributed by atoms with Crippen molar-refractivity contribution in [2.24, 2.45) is 11.8 Å². The van der Waals surface area contributed by atoms with Crippen molar-refractivity contribution in [3.05, 3.63) is 23.5 Å². The molecule has 3 atom stereocenters. The van der Waals surface area contributed by atoms with Crippen molar-refractivity contribution in [1.82, 2.24) is 20.4 Å². The summed E-state index contributed by atoms with van der Waals surface area (Å²) in [4.78, 5) is 41.2. The van der Waals surface area contributed by atoms with Crippen LogP contribution in [0.25, 0.3) is 0 Å². The van der Waals surface area contributed by atoms with Crippen LogP contribution in [0.3, 0.4) is 0 Å². The summed E-state index contributed by atoms with van der Waals surface area (Å²) >= 11 is 0. The van der Waals surface area contributed by atoms with Gasteiger partial charge in [-0.15, -0.1) is 0 Å². The van der Waals surface area contributed by atoms with Crippen molar-refractivity contribution in [3.63, 3.8) is 0 Å². The highest BCUT2D eigenvalue weighted by atomic mass is 16.2. The first-order valence-corrected chi connectivity index (χ1v) is 11.1. The summed E-state index contributed by atoms with van der Waals surface area (Å²) < 4.78 is 0. The number of carbonyl (C=O) groups excluding carboxylic acids is 3. The van der Waals surface area contributed by atoms with E-state index in [1.54, 1.807) is 17.1 Å². The van der Waals surface area contributed by atoms with E-state index in [-0.39, 0.29) is 30.1 Å². The second-order valence-corrected chi connectivity index (χ2v) is 9.28. The molecule has 0 aromatic carbocycles. The normalized spacial score (nSPS) is 21.1. The number of likely N-dealkylation sites (N-methyl/N-ethyl adjacent to an activating group) is 1. The van der Waals surface area contributed by atoms with Crippen molar-refractivity contribution in [2.75, 3.05) is 33.2 Å². The van der Waals surface area contributed by atoms with Gasteiger partial charge in [0.1, 0.15) is 6.04 Å². The molecule has 1 amide bonds. The molecule has 0 spiro atoms. The Kier molecular flexibility index (Phi) is 8.65. The number of hydrogen-bond acceptors (Lipinski definition) is 6. The lowest BCUT2D eigenvalue weighted by molar-refractivity contribution is -0.136. The second-order valence-electron chi connectivity index (χ2n) is 9.28. The molecular weight excluding hydrogens is 380 g/mol. The van der Waals surface area contributed by atoms with Crippen molar-refractivity contribution < 1.29 is 14.4 Å². The lowest BCUT2D eigenvalue weighted by Crippen LogP contribution is -2.52. The monoisotopic (exact) mass is 418 g/mol. The Morgan fingerprint density at radius 3 is 2.13 bits per heavy atom. The second kappa shape index (κ2) is 10.8. The largest absolute Gasteiger partial charge is 0.384 e. The van der Waals surface area contributed by atoms with Gasteiger partial charge in [0.15, 0.2) is 11.6 Å². The summed E-state index contributed by atoms with van der Waals surface area (Å²) in [6.07, 6.45) is 4.91. The van der Waals surface area contributed by atoms with E-state index in [9.17, 15) is 14.4 Å². The Bertz CT molecular complexity index is 713. The Morgan fingerprint density at radius 1 is 0.967 bits per heavy atom. The molecule has 0 saturated carbocycles. The smallest absolute Gasteiger partial charge is 0.245 e.